The van der Waals surface area contributed by atoms with Gasteiger partial charge in [0.05, 0.1) is 17.3 Å². The lowest BCUT2D eigenvalue weighted by Crippen LogP contribution is -2.54. The van der Waals surface area contributed by atoms with E-state index < -0.39 is 23.7 Å². The molecule has 1 heterocycles. The standard InChI is InChI=1S/C26H20ClFN2O5/c1-2-34-22-13-17(12-21(27)23(22)35-15-16-7-4-3-5-8-16)11-20-24(31)29-26(33)30(25(20)32)19-10-6-9-18(28)14-19/h3-14H,2,15H2,1H3,(H,29,31,33)/b20-11+. The molecule has 1 aliphatic rings. The number of imide groups is 2. The number of carbonyl (C=O) groups is 3. The molecule has 7 nitrogen and oxygen atoms in total. The van der Waals surface area contributed by atoms with E-state index in [9.17, 15) is 18.8 Å². The second kappa shape index (κ2) is 10.4. The van der Waals surface area contributed by atoms with Crippen LogP contribution in [0.2, 0.25) is 5.02 Å². The third-order valence-electron chi connectivity index (χ3n) is 5.04. The number of anilines is 1. The van der Waals surface area contributed by atoms with Gasteiger partial charge in [-0.2, -0.15) is 0 Å². The monoisotopic (exact) mass is 494 g/mol. The van der Waals surface area contributed by atoms with Crippen molar-refractivity contribution in [1.29, 1.82) is 0 Å². The van der Waals surface area contributed by atoms with Crippen LogP contribution in [-0.2, 0) is 16.2 Å². The maximum Gasteiger partial charge on any atom is 0.335 e. The topological polar surface area (TPSA) is 84.9 Å². The summed E-state index contributed by atoms with van der Waals surface area (Å²) >= 11 is 6.47. The third kappa shape index (κ3) is 5.33. The molecule has 9 heteroatoms. The van der Waals surface area contributed by atoms with Gasteiger partial charge in [-0.25, -0.2) is 14.1 Å². The number of carbonyl (C=O) groups excluding carboxylic acids is 3. The molecule has 0 aromatic heterocycles. The molecule has 1 saturated heterocycles. The number of nitrogens with one attached hydrogen (secondary N) is 1. The fraction of sp³-hybridized carbons (Fsp3) is 0.115. The Morgan fingerprint density at radius 3 is 2.49 bits per heavy atom. The normalized spacial score (nSPS) is 14.8. The molecule has 0 atom stereocenters. The Morgan fingerprint density at radius 1 is 1.00 bits per heavy atom. The summed E-state index contributed by atoms with van der Waals surface area (Å²) in [6, 6.07) is 16.6. The Kier molecular flexibility index (Phi) is 7.12. The zero-order valence-corrected chi connectivity index (χ0v) is 19.3. The molecular weight excluding hydrogens is 475 g/mol. The minimum absolute atomic E-state index is 0.0106. The van der Waals surface area contributed by atoms with Gasteiger partial charge in [0.1, 0.15) is 18.0 Å². The van der Waals surface area contributed by atoms with Gasteiger partial charge in [-0.3, -0.25) is 14.9 Å². The number of rotatable bonds is 7. The predicted octanol–water partition coefficient (Wildman–Crippen LogP) is 5.12. The van der Waals surface area contributed by atoms with E-state index in [-0.39, 0.29) is 22.9 Å². The highest BCUT2D eigenvalue weighted by Crippen LogP contribution is 2.38. The predicted molar refractivity (Wildman–Crippen MR) is 129 cm³/mol. The van der Waals surface area contributed by atoms with Crippen LogP contribution in [-0.4, -0.2) is 24.5 Å². The van der Waals surface area contributed by atoms with Crippen LogP contribution in [0.1, 0.15) is 18.1 Å². The summed E-state index contributed by atoms with van der Waals surface area (Å²) in [5.74, 6) is -1.78. The van der Waals surface area contributed by atoms with Gasteiger partial charge in [-0.05, 0) is 54.5 Å². The Labute approximate surface area is 205 Å². The molecule has 0 saturated carbocycles. The summed E-state index contributed by atoms with van der Waals surface area (Å²) in [5.41, 5.74) is 0.968. The maximum absolute atomic E-state index is 13.7. The largest absolute Gasteiger partial charge is 0.490 e. The SMILES string of the molecule is CCOc1cc(/C=C2\C(=O)NC(=O)N(c3cccc(F)c3)C2=O)cc(Cl)c1OCc1ccccc1. The number of urea groups is 1. The molecule has 3 aromatic carbocycles. The van der Waals surface area contributed by atoms with Gasteiger partial charge in [0.15, 0.2) is 11.5 Å². The highest BCUT2D eigenvalue weighted by molar-refractivity contribution is 6.39. The molecule has 0 unspecified atom stereocenters. The molecule has 0 radical (unpaired) electrons. The van der Waals surface area contributed by atoms with Gasteiger partial charge in [-0.15, -0.1) is 0 Å². The van der Waals surface area contributed by atoms with Crippen molar-refractivity contribution in [3.63, 3.8) is 0 Å². The number of nitrogens with zero attached hydrogens (tertiary/aromatic N) is 1. The Hall–Kier alpha value is -4.17. The Bertz CT molecular complexity index is 1330. The Balaban J connectivity index is 1.67. The molecule has 0 spiro atoms. The smallest absolute Gasteiger partial charge is 0.335 e. The van der Waals surface area contributed by atoms with E-state index in [1.807, 2.05) is 30.3 Å². The van der Waals surface area contributed by atoms with Crippen molar-refractivity contribution in [2.24, 2.45) is 0 Å². The number of halogens is 2. The van der Waals surface area contributed by atoms with Crippen molar-refractivity contribution >= 4 is 41.2 Å². The van der Waals surface area contributed by atoms with Crippen molar-refractivity contribution in [1.82, 2.24) is 5.32 Å². The molecule has 35 heavy (non-hydrogen) atoms. The lowest BCUT2D eigenvalue weighted by molar-refractivity contribution is -0.122. The van der Waals surface area contributed by atoms with Crippen molar-refractivity contribution in [2.75, 3.05) is 11.5 Å². The number of benzene rings is 3. The third-order valence-corrected chi connectivity index (χ3v) is 5.32. The molecule has 0 aliphatic carbocycles. The molecule has 0 bridgehead atoms. The average Bonchev–Trinajstić information content (AvgIpc) is 2.82. The van der Waals surface area contributed by atoms with Crippen molar-refractivity contribution in [2.45, 2.75) is 13.5 Å². The Morgan fingerprint density at radius 2 is 1.77 bits per heavy atom. The van der Waals surface area contributed by atoms with Crippen LogP contribution >= 0.6 is 11.6 Å². The maximum atomic E-state index is 13.7. The van der Waals surface area contributed by atoms with Crippen molar-refractivity contribution in [3.05, 3.63) is 94.3 Å². The first-order valence-corrected chi connectivity index (χ1v) is 11.0. The lowest BCUT2D eigenvalue weighted by atomic mass is 10.1. The van der Waals surface area contributed by atoms with Gasteiger partial charge < -0.3 is 9.47 Å². The first-order valence-electron chi connectivity index (χ1n) is 10.7. The van der Waals surface area contributed by atoms with Crippen LogP contribution in [0.4, 0.5) is 14.9 Å². The molecule has 1 N–H and O–H groups in total. The summed E-state index contributed by atoms with van der Waals surface area (Å²) < 4.78 is 25.2. The minimum Gasteiger partial charge on any atom is -0.490 e. The van der Waals surface area contributed by atoms with Crippen LogP contribution in [0.5, 0.6) is 11.5 Å². The molecule has 1 fully saturated rings. The minimum atomic E-state index is -0.972. The van der Waals surface area contributed by atoms with E-state index in [0.717, 1.165) is 11.6 Å². The number of ether oxygens (including phenoxy) is 2. The first kappa shape index (κ1) is 24.0. The fourth-order valence-electron chi connectivity index (χ4n) is 3.48. The fourth-order valence-corrected chi connectivity index (χ4v) is 3.75. The second-order valence-electron chi connectivity index (χ2n) is 7.47. The van der Waals surface area contributed by atoms with Gasteiger partial charge in [0.2, 0.25) is 0 Å². The molecule has 4 rings (SSSR count). The van der Waals surface area contributed by atoms with Gasteiger partial charge in [0, 0.05) is 0 Å². The summed E-state index contributed by atoms with van der Waals surface area (Å²) in [6.07, 6.45) is 1.28. The summed E-state index contributed by atoms with van der Waals surface area (Å²) in [6.45, 7) is 2.37. The summed E-state index contributed by atoms with van der Waals surface area (Å²) in [7, 11) is 0. The second-order valence-corrected chi connectivity index (χ2v) is 7.88. The first-order chi connectivity index (χ1) is 16.9. The van der Waals surface area contributed by atoms with E-state index in [0.29, 0.717) is 28.6 Å². The van der Waals surface area contributed by atoms with Gasteiger partial charge >= 0.3 is 6.03 Å². The highest BCUT2D eigenvalue weighted by atomic mass is 35.5. The average molecular weight is 495 g/mol. The van der Waals surface area contributed by atoms with E-state index in [2.05, 4.69) is 5.32 Å². The van der Waals surface area contributed by atoms with Crippen molar-refractivity contribution in [3.8, 4) is 11.5 Å². The van der Waals surface area contributed by atoms with E-state index in [1.165, 1.54) is 30.3 Å². The molecular formula is C26H20ClFN2O5. The van der Waals surface area contributed by atoms with E-state index in [1.54, 1.807) is 13.0 Å². The van der Waals surface area contributed by atoms with Crippen LogP contribution in [0, 0.1) is 5.82 Å². The van der Waals surface area contributed by atoms with Gasteiger partial charge in [0.25, 0.3) is 11.8 Å². The van der Waals surface area contributed by atoms with Crippen LogP contribution in [0.3, 0.4) is 0 Å². The van der Waals surface area contributed by atoms with Crippen LogP contribution in [0.25, 0.3) is 6.08 Å². The summed E-state index contributed by atoms with van der Waals surface area (Å²) in [4.78, 5) is 38.5. The molecule has 4 amide bonds. The number of hydrogen-bond donors (Lipinski definition) is 1. The van der Waals surface area contributed by atoms with Crippen molar-refractivity contribution < 1.29 is 28.2 Å². The van der Waals surface area contributed by atoms with Crippen LogP contribution < -0.4 is 19.7 Å². The van der Waals surface area contributed by atoms with Gasteiger partial charge in [-0.1, -0.05) is 48.0 Å². The molecule has 1 aliphatic heterocycles. The quantitative estimate of drug-likeness (QED) is 0.364. The zero-order valence-electron chi connectivity index (χ0n) is 18.6. The summed E-state index contributed by atoms with van der Waals surface area (Å²) in [5, 5.41) is 2.31. The van der Waals surface area contributed by atoms with Crippen LogP contribution in [0.15, 0.2) is 72.3 Å². The lowest BCUT2D eigenvalue weighted by Gasteiger charge is -2.26. The number of hydrogen-bond acceptors (Lipinski definition) is 5. The zero-order chi connectivity index (χ0) is 24.9. The number of barbiturate groups is 1. The molecule has 178 valence electrons. The molecule has 3 aromatic rings. The van der Waals surface area contributed by atoms with E-state index >= 15 is 0 Å². The van der Waals surface area contributed by atoms with E-state index in [4.69, 9.17) is 21.1 Å². The number of amides is 4. The highest BCUT2D eigenvalue weighted by Gasteiger charge is 2.37.